The Labute approximate surface area is 155 Å². The molecule has 6 heteroatoms. The Hall–Kier alpha value is -1.72. The zero-order valence-electron chi connectivity index (χ0n) is 15.0. The molecule has 0 saturated carbocycles. The van der Waals surface area contributed by atoms with Crippen LogP contribution in [-0.4, -0.2) is 67.7 Å². The number of aliphatic imine (C=N–C) groups is 1. The van der Waals surface area contributed by atoms with Crippen molar-refractivity contribution in [1.29, 1.82) is 0 Å². The third kappa shape index (κ3) is 4.67. The lowest BCUT2D eigenvalue weighted by Gasteiger charge is -2.26. The highest BCUT2D eigenvalue weighted by atomic mass is 35.5. The van der Waals surface area contributed by atoms with Crippen molar-refractivity contribution in [2.45, 2.75) is 25.5 Å². The summed E-state index contributed by atoms with van der Waals surface area (Å²) in [5, 5.41) is 4.07. The third-order valence-corrected chi connectivity index (χ3v) is 5.06. The van der Waals surface area contributed by atoms with E-state index < -0.39 is 0 Å². The van der Waals surface area contributed by atoms with Gasteiger partial charge in [-0.3, -0.25) is 9.89 Å². The number of rotatable bonds is 5. The molecule has 2 heterocycles. The number of hydrogen-bond acceptors (Lipinski definition) is 3. The van der Waals surface area contributed by atoms with Crippen molar-refractivity contribution in [3.05, 3.63) is 41.4 Å². The molecule has 2 aliphatic rings. The number of halogens is 1. The van der Waals surface area contributed by atoms with E-state index in [1.165, 1.54) is 6.42 Å². The van der Waals surface area contributed by atoms with Crippen molar-refractivity contribution < 1.29 is 4.74 Å². The molecule has 0 bridgehead atoms. The fourth-order valence-electron chi connectivity index (χ4n) is 3.39. The molecule has 25 heavy (non-hydrogen) atoms. The topological polar surface area (TPSA) is 40.1 Å². The van der Waals surface area contributed by atoms with E-state index in [0.717, 1.165) is 37.9 Å². The van der Waals surface area contributed by atoms with Crippen LogP contribution >= 0.6 is 11.6 Å². The van der Waals surface area contributed by atoms with Crippen molar-refractivity contribution >= 4 is 17.6 Å². The van der Waals surface area contributed by atoms with Gasteiger partial charge >= 0.3 is 0 Å². The van der Waals surface area contributed by atoms with E-state index in [0.29, 0.717) is 17.6 Å². The first-order chi connectivity index (χ1) is 12.2. The van der Waals surface area contributed by atoms with Crippen molar-refractivity contribution in [3.63, 3.8) is 0 Å². The second-order valence-electron chi connectivity index (χ2n) is 6.60. The van der Waals surface area contributed by atoms with Gasteiger partial charge in [0.2, 0.25) is 0 Å². The largest absolute Gasteiger partial charge is 0.487 e. The number of nitrogens with zero attached hydrogens (tertiary/aromatic N) is 3. The summed E-state index contributed by atoms with van der Waals surface area (Å²) in [6.45, 7) is 6.94. The van der Waals surface area contributed by atoms with Crippen LogP contribution in [-0.2, 0) is 0 Å². The smallest absolute Gasteiger partial charge is 0.193 e. The molecule has 2 unspecified atom stereocenters. The summed E-state index contributed by atoms with van der Waals surface area (Å²) < 4.78 is 5.92. The number of likely N-dealkylation sites (tertiary alicyclic amines) is 1. The second kappa shape index (κ2) is 8.59. The fraction of sp³-hybridized carbons (Fsp3) is 0.526. The number of benzene rings is 1. The van der Waals surface area contributed by atoms with Crippen LogP contribution in [0.1, 0.15) is 13.3 Å². The van der Waals surface area contributed by atoms with E-state index in [1.807, 2.05) is 38.2 Å². The van der Waals surface area contributed by atoms with Crippen molar-refractivity contribution in [2.75, 3.05) is 39.8 Å². The summed E-state index contributed by atoms with van der Waals surface area (Å²) in [5.41, 5.74) is 0. The molecule has 0 aliphatic carbocycles. The highest BCUT2D eigenvalue weighted by Gasteiger charge is 2.29. The van der Waals surface area contributed by atoms with Crippen LogP contribution in [0, 0.1) is 0 Å². The summed E-state index contributed by atoms with van der Waals surface area (Å²) in [6.07, 6.45) is 5.69. The minimum Gasteiger partial charge on any atom is -0.487 e. The predicted octanol–water partition coefficient (Wildman–Crippen LogP) is 2.63. The molecule has 0 aromatic heterocycles. The van der Waals surface area contributed by atoms with Gasteiger partial charge in [-0.05, 0) is 25.5 Å². The maximum atomic E-state index is 6.15. The van der Waals surface area contributed by atoms with Crippen molar-refractivity contribution in [3.8, 4) is 5.75 Å². The standard InChI is InChI=1S/C19H27ClN4O/c1-15(25-18-8-4-3-7-17(18)20)13-22-19(21-2)24-12-9-16(14-24)23-10-5-6-11-23/h3-8,15-16H,9-14H2,1-2H3,(H,21,22). The zero-order chi connectivity index (χ0) is 17.6. The molecule has 1 aromatic carbocycles. The summed E-state index contributed by atoms with van der Waals surface area (Å²) in [6, 6.07) is 8.18. The van der Waals surface area contributed by atoms with E-state index in [9.17, 15) is 0 Å². The number of nitrogens with one attached hydrogen (secondary N) is 1. The Kier molecular flexibility index (Phi) is 6.21. The van der Waals surface area contributed by atoms with Gasteiger partial charge in [0.05, 0.1) is 11.6 Å². The molecule has 0 radical (unpaired) electrons. The minimum absolute atomic E-state index is 0.00201. The summed E-state index contributed by atoms with van der Waals surface area (Å²) in [4.78, 5) is 9.31. The zero-order valence-corrected chi connectivity index (χ0v) is 15.7. The Morgan fingerprint density at radius 3 is 2.84 bits per heavy atom. The molecular weight excluding hydrogens is 336 g/mol. The molecule has 1 N–H and O–H groups in total. The SMILES string of the molecule is CN=C(NCC(C)Oc1ccccc1Cl)N1CCC(N2CC=CC2)C1. The predicted molar refractivity (Wildman–Crippen MR) is 104 cm³/mol. The van der Waals surface area contributed by atoms with Gasteiger partial charge in [-0.25, -0.2) is 0 Å². The highest BCUT2D eigenvalue weighted by Crippen LogP contribution is 2.24. The average molecular weight is 363 g/mol. The first-order valence-electron chi connectivity index (χ1n) is 8.93. The Balaban J connectivity index is 1.47. The van der Waals surface area contributed by atoms with Crippen LogP contribution in [0.15, 0.2) is 41.4 Å². The molecule has 136 valence electrons. The number of guanidine groups is 1. The van der Waals surface area contributed by atoms with E-state index in [2.05, 4.69) is 32.3 Å². The quantitative estimate of drug-likeness (QED) is 0.496. The first kappa shape index (κ1) is 18.1. The van der Waals surface area contributed by atoms with E-state index >= 15 is 0 Å². The normalized spacial score (nSPS) is 22.4. The second-order valence-corrected chi connectivity index (χ2v) is 7.01. The fourth-order valence-corrected chi connectivity index (χ4v) is 3.57. The summed E-state index contributed by atoms with van der Waals surface area (Å²) >= 11 is 6.15. The van der Waals surface area contributed by atoms with Gasteiger partial charge in [-0.1, -0.05) is 35.9 Å². The lowest BCUT2D eigenvalue weighted by Crippen LogP contribution is -2.45. The van der Waals surface area contributed by atoms with Crippen LogP contribution in [0.25, 0.3) is 0 Å². The van der Waals surface area contributed by atoms with Crippen LogP contribution in [0.3, 0.4) is 0 Å². The monoisotopic (exact) mass is 362 g/mol. The van der Waals surface area contributed by atoms with E-state index in [1.54, 1.807) is 0 Å². The van der Waals surface area contributed by atoms with Crippen molar-refractivity contribution in [2.24, 2.45) is 4.99 Å². The van der Waals surface area contributed by atoms with Crippen LogP contribution in [0.5, 0.6) is 5.75 Å². The maximum Gasteiger partial charge on any atom is 0.193 e. The average Bonchev–Trinajstić information content (AvgIpc) is 3.29. The molecule has 0 amide bonds. The van der Waals surface area contributed by atoms with Gasteiger partial charge < -0.3 is 15.0 Å². The Bertz CT molecular complexity index is 626. The highest BCUT2D eigenvalue weighted by molar-refractivity contribution is 6.32. The maximum absolute atomic E-state index is 6.15. The van der Waals surface area contributed by atoms with Crippen LogP contribution in [0.2, 0.25) is 5.02 Å². The lowest BCUT2D eigenvalue weighted by molar-refractivity contribution is 0.222. The van der Waals surface area contributed by atoms with Gasteiger partial charge in [0.25, 0.3) is 0 Å². The van der Waals surface area contributed by atoms with Gasteiger partial charge in [0.15, 0.2) is 5.96 Å². The van der Waals surface area contributed by atoms with Gasteiger partial charge in [-0.2, -0.15) is 0 Å². The molecule has 0 spiro atoms. The van der Waals surface area contributed by atoms with Gasteiger partial charge in [0.1, 0.15) is 11.9 Å². The van der Waals surface area contributed by atoms with Crippen LogP contribution < -0.4 is 10.1 Å². The van der Waals surface area contributed by atoms with Gasteiger partial charge in [0, 0.05) is 39.3 Å². The molecule has 1 fully saturated rings. The third-order valence-electron chi connectivity index (χ3n) is 4.75. The van der Waals surface area contributed by atoms with E-state index in [-0.39, 0.29) is 6.10 Å². The molecule has 2 aliphatic heterocycles. The van der Waals surface area contributed by atoms with Crippen LogP contribution in [0.4, 0.5) is 0 Å². The van der Waals surface area contributed by atoms with Gasteiger partial charge in [-0.15, -0.1) is 0 Å². The summed E-state index contributed by atoms with van der Waals surface area (Å²) in [7, 11) is 1.84. The molecule has 3 rings (SSSR count). The first-order valence-corrected chi connectivity index (χ1v) is 9.31. The molecule has 1 aromatic rings. The molecule has 1 saturated heterocycles. The number of para-hydroxylation sites is 1. The van der Waals surface area contributed by atoms with E-state index in [4.69, 9.17) is 16.3 Å². The minimum atomic E-state index is -0.00201. The number of hydrogen-bond donors (Lipinski definition) is 1. The lowest BCUT2D eigenvalue weighted by atomic mass is 10.2. The Morgan fingerprint density at radius 2 is 2.12 bits per heavy atom. The summed E-state index contributed by atoms with van der Waals surface area (Å²) in [5.74, 6) is 1.67. The Morgan fingerprint density at radius 1 is 1.36 bits per heavy atom. The number of ether oxygens (including phenoxy) is 1. The van der Waals surface area contributed by atoms with Crippen molar-refractivity contribution in [1.82, 2.24) is 15.1 Å². The molecule has 2 atom stereocenters. The molecular formula is C19H27ClN4O. The molecule has 5 nitrogen and oxygen atoms in total.